The third kappa shape index (κ3) is 4.68. The molecule has 2 saturated heterocycles. The first-order valence-electron chi connectivity index (χ1n) is 8.80. The highest BCUT2D eigenvalue weighted by atomic mass is 16.2. The lowest BCUT2D eigenvalue weighted by Crippen LogP contribution is -2.44. The molecule has 0 spiro atoms. The maximum Gasteiger partial charge on any atom is 0.223 e. The summed E-state index contributed by atoms with van der Waals surface area (Å²) in [5.41, 5.74) is 0. The van der Waals surface area contributed by atoms with Crippen LogP contribution in [0, 0.1) is 11.8 Å². The molecule has 21 heavy (non-hydrogen) atoms. The molecule has 4 heteroatoms. The van der Waals surface area contributed by atoms with Crippen LogP contribution in [0.2, 0.25) is 0 Å². The number of nitrogens with zero attached hydrogens (tertiary/aromatic N) is 2. The molecule has 4 nitrogen and oxygen atoms in total. The Bertz CT molecular complexity index is 328. The van der Waals surface area contributed by atoms with Crippen LogP contribution < -0.4 is 5.32 Å². The van der Waals surface area contributed by atoms with E-state index in [0.29, 0.717) is 23.8 Å². The highest BCUT2D eigenvalue weighted by Crippen LogP contribution is 2.24. The van der Waals surface area contributed by atoms with Crippen molar-refractivity contribution in [3.05, 3.63) is 0 Å². The number of carbonyl (C=O) groups is 1. The lowest BCUT2D eigenvalue weighted by molar-refractivity contribution is -0.134. The SMILES string of the molecule is CCC1CN(C)CCCN1C(=O)CC(C)C1CCCNC1. The Morgan fingerprint density at radius 2 is 2.14 bits per heavy atom. The van der Waals surface area contributed by atoms with E-state index in [0.717, 1.165) is 52.0 Å². The molecule has 2 fully saturated rings. The Kier molecular flexibility index (Phi) is 6.49. The predicted octanol–water partition coefficient (Wildman–Crippen LogP) is 1.95. The first-order valence-corrected chi connectivity index (χ1v) is 8.80. The summed E-state index contributed by atoms with van der Waals surface area (Å²) in [5.74, 6) is 1.57. The first-order chi connectivity index (χ1) is 10.1. The summed E-state index contributed by atoms with van der Waals surface area (Å²) >= 11 is 0. The van der Waals surface area contributed by atoms with Gasteiger partial charge in [-0.2, -0.15) is 0 Å². The van der Waals surface area contributed by atoms with Gasteiger partial charge in [0.2, 0.25) is 5.91 Å². The molecular formula is C17H33N3O. The monoisotopic (exact) mass is 295 g/mol. The van der Waals surface area contributed by atoms with E-state index in [1.165, 1.54) is 12.8 Å². The Labute approximate surface area is 130 Å². The van der Waals surface area contributed by atoms with E-state index in [1.807, 2.05) is 0 Å². The normalized spacial score (nSPS) is 30.0. The molecule has 2 heterocycles. The molecule has 0 bridgehead atoms. The minimum atomic E-state index is 0.384. The van der Waals surface area contributed by atoms with Crippen LogP contribution in [-0.2, 0) is 4.79 Å². The lowest BCUT2D eigenvalue weighted by atomic mass is 9.85. The second-order valence-electron chi connectivity index (χ2n) is 7.05. The maximum absolute atomic E-state index is 12.8. The highest BCUT2D eigenvalue weighted by Gasteiger charge is 2.29. The van der Waals surface area contributed by atoms with Gasteiger partial charge in [0.1, 0.15) is 0 Å². The van der Waals surface area contributed by atoms with Crippen molar-refractivity contribution < 1.29 is 4.79 Å². The number of hydrogen-bond donors (Lipinski definition) is 1. The summed E-state index contributed by atoms with van der Waals surface area (Å²) in [6, 6.07) is 0.404. The van der Waals surface area contributed by atoms with Crippen LogP contribution >= 0.6 is 0 Å². The average molecular weight is 295 g/mol. The second kappa shape index (κ2) is 8.14. The zero-order chi connectivity index (χ0) is 15.2. The summed E-state index contributed by atoms with van der Waals surface area (Å²) in [6.07, 6.45) is 5.44. The Morgan fingerprint density at radius 1 is 1.33 bits per heavy atom. The van der Waals surface area contributed by atoms with Crippen LogP contribution in [-0.4, -0.2) is 61.5 Å². The van der Waals surface area contributed by atoms with Crippen molar-refractivity contribution in [3.8, 4) is 0 Å². The van der Waals surface area contributed by atoms with Crippen molar-refractivity contribution in [1.82, 2.24) is 15.1 Å². The molecule has 0 radical (unpaired) electrons. The van der Waals surface area contributed by atoms with E-state index in [9.17, 15) is 4.79 Å². The van der Waals surface area contributed by atoms with E-state index in [4.69, 9.17) is 0 Å². The Morgan fingerprint density at radius 3 is 2.81 bits per heavy atom. The van der Waals surface area contributed by atoms with Gasteiger partial charge in [0.25, 0.3) is 0 Å². The molecule has 0 aromatic heterocycles. The molecule has 122 valence electrons. The molecule has 2 rings (SSSR count). The summed E-state index contributed by atoms with van der Waals surface area (Å²) in [5, 5.41) is 3.47. The van der Waals surface area contributed by atoms with Gasteiger partial charge in [0.15, 0.2) is 0 Å². The topological polar surface area (TPSA) is 35.6 Å². The highest BCUT2D eigenvalue weighted by molar-refractivity contribution is 5.76. The van der Waals surface area contributed by atoms with Gasteiger partial charge in [-0.3, -0.25) is 4.79 Å². The zero-order valence-electron chi connectivity index (χ0n) is 14.1. The maximum atomic E-state index is 12.8. The fourth-order valence-electron chi connectivity index (χ4n) is 3.84. The van der Waals surface area contributed by atoms with Crippen LogP contribution in [0.25, 0.3) is 0 Å². The predicted molar refractivity (Wildman–Crippen MR) is 87.3 cm³/mol. The zero-order valence-corrected chi connectivity index (χ0v) is 14.1. The third-order valence-electron chi connectivity index (χ3n) is 5.33. The number of rotatable bonds is 4. The van der Waals surface area contributed by atoms with E-state index in [1.54, 1.807) is 0 Å². The van der Waals surface area contributed by atoms with Crippen LogP contribution in [0.4, 0.5) is 0 Å². The number of likely N-dealkylation sites (N-methyl/N-ethyl adjacent to an activating group) is 1. The van der Waals surface area contributed by atoms with E-state index in [-0.39, 0.29) is 0 Å². The molecule has 0 aliphatic carbocycles. The minimum Gasteiger partial charge on any atom is -0.338 e. The van der Waals surface area contributed by atoms with Gasteiger partial charge in [0.05, 0.1) is 0 Å². The lowest BCUT2D eigenvalue weighted by Gasteiger charge is -2.33. The number of nitrogens with one attached hydrogen (secondary N) is 1. The molecule has 1 N–H and O–H groups in total. The van der Waals surface area contributed by atoms with Gasteiger partial charge >= 0.3 is 0 Å². The van der Waals surface area contributed by atoms with Crippen molar-refractivity contribution >= 4 is 5.91 Å². The summed E-state index contributed by atoms with van der Waals surface area (Å²) in [7, 11) is 2.17. The van der Waals surface area contributed by atoms with E-state index < -0.39 is 0 Å². The smallest absolute Gasteiger partial charge is 0.223 e. The van der Waals surface area contributed by atoms with Gasteiger partial charge in [-0.25, -0.2) is 0 Å². The van der Waals surface area contributed by atoms with Gasteiger partial charge in [-0.15, -0.1) is 0 Å². The van der Waals surface area contributed by atoms with Gasteiger partial charge in [-0.05, 0) is 64.2 Å². The number of amides is 1. The van der Waals surface area contributed by atoms with Gasteiger partial charge in [0, 0.05) is 25.6 Å². The minimum absolute atomic E-state index is 0.384. The van der Waals surface area contributed by atoms with Crippen molar-refractivity contribution in [3.63, 3.8) is 0 Å². The fourth-order valence-corrected chi connectivity index (χ4v) is 3.84. The second-order valence-corrected chi connectivity index (χ2v) is 7.05. The molecule has 2 aliphatic heterocycles. The molecule has 3 unspecified atom stereocenters. The number of piperidine rings is 1. The Hall–Kier alpha value is -0.610. The molecule has 3 atom stereocenters. The molecule has 1 amide bonds. The van der Waals surface area contributed by atoms with Crippen molar-refractivity contribution in [2.24, 2.45) is 11.8 Å². The van der Waals surface area contributed by atoms with Crippen LogP contribution in [0.15, 0.2) is 0 Å². The summed E-state index contributed by atoms with van der Waals surface area (Å²) < 4.78 is 0. The molecular weight excluding hydrogens is 262 g/mol. The third-order valence-corrected chi connectivity index (χ3v) is 5.33. The molecule has 0 aromatic rings. The van der Waals surface area contributed by atoms with E-state index >= 15 is 0 Å². The summed E-state index contributed by atoms with van der Waals surface area (Å²) in [6.45, 7) is 9.79. The van der Waals surface area contributed by atoms with Gasteiger partial charge in [-0.1, -0.05) is 13.8 Å². The van der Waals surface area contributed by atoms with Gasteiger partial charge < -0.3 is 15.1 Å². The summed E-state index contributed by atoms with van der Waals surface area (Å²) in [4.78, 5) is 17.3. The number of carbonyl (C=O) groups excluding carboxylic acids is 1. The van der Waals surface area contributed by atoms with Crippen LogP contribution in [0.1, 0.15) is 46.0 Å². The van der Waals surface area contributed by atoms with Crippen molar-refractivity contribution in [2.75, 3.05) is 39.8 Å². The largest absolute Gasteiger partial charge is 0.338 e. The van der Waals surface area contributed by atoms with Crippen LogP contribution in [0.3, 0.4) is 0 Å². The van der Waals surface area contributed by atoms with E-state index in [2.05, 4.69) is 36.0 Å². The first kappa shape index (κ1) is 16.8. The standard InChI is InChI=1S/C17H33N3O/c1-4-16-13-19(3)9-6-10-20(16)17(21)11-14(2)15-7-5-8-18-12-15/h14-16,18H,4-13H2,1-3H3. The number of hydrogen-bond acceptors (Lipinski definition) is 3. The molecule has 0 saturated carbocycles. The molecule has 2 aliphatic rings. The molecule has 0 aromatic carbocycles. The average Bonchev–Trinajstić information content (AvgIpc) is 2.69. The Balaban J connectivity index is 1.90. The quantitative estimate of drug-likeness (QED) is 0.861. The van der Waals surface area contributed by atoms with Crippen molar-refractivity contribution in [2.45, 2.75) is 52.0 Å². The van der Waals surface area contributed by atoms with Crippen LogP contribution in [0.5, 0.6) is 0 Å². The fraction of sp³-hybridized carbons (Fsp3) is 0.941. The van der Waals surface area contributed by atoms with Crippen molar-refractivity contribution in [1.29, 1.82) is 0 Å².